The third kappa shape index (κ3) is 7.86. The van der Waals surface area contributed by atoms with E-state index in [0.717, 1.165) is 24.3 Å². The van der Waals surface area contributed by atoms with E-state index < -0.39 is 0 Å². The fraction of sp³-hybridized carbons (Fsp3) is 0.364. The zero-order valence-electron chi connectivity index (χ0n) is 18.0. The lowest BCUT2D eigenvalue weighted by molar-refractivity contribution is -0.115. The van der Waals surface area contributed by atoms with Crippen LogP contribution in [0, 0.1) is 0 Å². The van der Waals surface area contributed by atoms with Crippen LogP contribution >= 0.6 is 11.3 Å². The molecule has 9 heteroatoms. The van der Waals surface area contributed by atoms with E-state index in [-0.39, 0.29) is 26.5 Å². The lowest BCUT2D eigenvalue weighted by Crippen LogP contribution is -2.21. The SMILES string of the molecule is CC.CC(=O)c1nnc(CCCCn2ccc(NC(=O)Cc3ccccn3)cc2=O)s1.[HH].[HH]. The highest BCUT2D eigenvalue weighted by Gasteiger charge is 2.08. The molecule has 0 aromatic carbocycles. The molecule has 0 spiro atoms. The van der Waals surface area contributed by atoms with Gasteiger partial charge in [0, 0.05) is 52.6 Å². The van der Waals surface area contributed by atoms with Crippen molar-refractivity contribution >= 4 is 28.7 Å². The average Bonchev–Trinajstić information content (AvgIpc) is 3.24. The van der Waals surface area contributed by atoms with Crippen molar-refractivity contribution in [2.75, 3.05) is 5.32 Å². The molecule has 0 fully saturated rings. The highest BCUT2D eigenvalue weighted by atomic mass is 32.1. The average molecular weight is 446 g/mol. The highest BCUT2D eigenvalue weighted by molar-refractivity contribution is 7.13. The molecule has 168 valence electrons. The Kier molecular flexibility index (Phi) is 9.70. The summed E-state index contributed by atoms with van der Waals surface area (Å²) in [6.45, 7) is 6.04. The van der Waals surface area contributed by atoms with Crippen LogP contribution in [0.5, 0.6) is 0 Å². The predicted molar refractivity (Wildman–Crippen MR) is 126 cm³/mol. The smallest absolute Gasteiger partial charge is 0.252 e. The van der Waals surface area contributed by atoms with Crippen LogP contribution in [0.4, 0.5) is 5.69 Å². The number of rotatable bonds is 9. The van der Waals surface area contributed by atoms with Crippen LogP contribution in [-0.2, 0) is 24.2 Å². The zero-order valence-corrected chi connectivity index (χ0v) is 18.8. The molecule has 3 aromatic rings. The van der Waals surface area contributed by atoms with E-state index in [1.807, 2.05) is 19.9 Å². The summed E-state index contributed by atoms with van der Waals surface area (Å²) in [4.78, 5) is 39.7. The highest BCUT2D eigenvalue weighted by Crippen LogP contribution is 2.13. The van der Waals surface area contributed by atoms with Crippen molar-refractivity contribution in [1.29, 1.82) is 0 Å². The summed E-state index contributed by atoms with van der Waals surface area (Å²) in [5, 5.41) is 11.8. The Morgan fingerprint density at radius 1 is 1.16 bits per heavy atom. The van der Waals surface area contributed by atoms with Crippen molar-refractivity contribution in [3.63, 3.8) is 0 Å². The maximum absolute atomic E-state index is 12.3. The number of nitrogens with one attached hydrogen (secondary N) is 1. The number of nitrogens with zero attached hydrogens (tertiary/aromatic N) is 4. The standard InChI is InChI=1S/C20H21N5O3S.C2H6.2H2/c1-14(26)20-24-23-18(29-20)7-3-5-10-25-11-8-16(13-19(25)28)22-17(27)12-15-6-2-4-9-21-15;1-2;;/h2,4,6,8-9,11,13H,3,5,7,10,12H2,1H3,(H,22,27);1-2H3;2*1H. The van der Waals surface area contributed by atoms with Gasteiger partial charge < -0.3 is 9.88 Å². The quantitative estimate of drug-likeness (QED) is 0.394. The number of hydrogen-bond donors (Lipinski definition) is 1. The number of unbranched alkanes of at least 4 members (excludes halogenated alkanes) is 1. The second kappa shape index (κ2) is 12.5. The molecule has 1 amide bonds. The first-order valence-corrected chi connectivity index (χ1v) is 11.1. The molecule has 3 heterocycles. The van der Waals surface area contributed by atoms with Gasteiger partial charge in [-0.2, -0.15) is 0 Å². The molecule has 0 saturated heterocycles. The molecule has 8 nitrogen and oxygen atoms in total. The van der Waals surface area contributed by atoms with Gasteiger partial charge in [-0.15, -0.1) is 10.2 Å². The van der Waals surface area contributed by atoms with Gasteiger partial charge >= 0.3 is 0 Å². The Labute approximate surface area is 188 Å². The van der Waals surface area contributed by atoms with Crippen LogP contribution in [-0.4, -0.2) is 31.4 Å². The van der Waals surface area contributed by atoms with Crippen LogP contribution in [0.2, 0.25) is 0 Å². The Balaban J connectivity index is 0.00000249. The molecule has 0 atom stereocenters. The molecule has 3 rings (SSSR count). The number of ketones is 1. The Bertz CT molecular complexity index is 1060. The van der Waals surface area contributed by atoms with E-state index in [4.69, 9.17) is 0 Å². The fourth-order valence-electron chi connectivity index (χ4n) is 2.70. The van der Waals surface area contributed by atoms with Gasteiger partial charge in [-0.1, -0.05) is 31.3 Å². The molecule has 1 N–H and O–H groups in total. The first kappa shape index (κ1) is 24.1. The molecule has 0 aliphatic carbocycles. The van der Waals surface area contributed by atoms with Crippen molar-refractivity contribution in [3.8, 4) is 0 Å². The van der Waals surface area contributed by atoms with Gasteiger partial charge in [0.15, 0.2) is 10.8 Å². The van der Waals surface area contributed by atoms with Gasteiger partial charge in [0.1, 0.15) is 5.01 Å². The van der Waals surface area contributed by atoms with Gasteiger partial charge in [-0.3, -0.25) is 19.4 Å². The lowest BCUT2D eigenvalue weighted by atomic mass is 10.2. The summed E-state index contributed by atoms with van der Waals surface area (Å²) in [7, 11) is 0. The van der Waals surface area contributed by atoms with Crippen molar-refractivity contribution in [2.45, 2.75) is 53.0 Å². The van der Waals surface area contributed by atoms with Gasteiger partial charge in [0.05, 0.1) is 6.42 Å². The van der Waals surface area contributed by atoms with Crippen LogP contribution in [0.3, 0.4) is 0 Å². The van der Waals surface area contributed by atoms with Crippen molar-refractivity contribution in [3.05, 3.63) is 68.8 Å². The van der Waals surface area contributed by atoms with Gasteiger partial charge in [0.25, 0.3) is 5.56 Å². The third-order valence-electron chi connectivity index (χ3n) is 4.16. The van der Waals surface area contributed by atoms with E-state index in [1.54, 1.807) is 35.2 Å². The Morgan fingerprint density at radius 2 is 1.97 bits per heavy atom. The minimum atomic E-state index is -0.220. The molecular formula is C22H31N5O3S. The Morgan fingerprint density at radius 3 is 2.61 bits per heavy atom. The molecule has 0 unspecified atom stereocenters. The number of Topliss-reactive ketones (excluding diaryl/α,β-unsaturated/α-hetero) is 1. The van der Waals surface area contributed by atoms with E-state index in [0.29, 0.717) is 22.9 Å². The van der Waals surface area contributed by atoms with Crippen LogP contribution in [0.25, 0.3) is 0 Å². The monoisotopic (exact) mass is 445 g/mol. The maximum Gasteiger partial charge on any atom is 0.252 e. The number of pyridine rings is 2. The minimum absolute atomic E-state index is 0. The molecule has 3 aromatic heterocycles. The molecule has 0 saturated carbocycles. The number of aryl methyl sites for hydroxylation is 2. The largest absolute Gasteiger partial charge is 0.325 e. The normalized spacial score (nSPS) is 10.2. The van der Waals surface area contributed by atoms with E-state index in [2.05, 4.69) is 20.5 Å². The minimum Gasteiger partial charge on any atom is -0.325 e. The van der Waals surface area contributed by atoms with E-state index in [9.17, 15) is 14.4 Å². The van der Waals surface area contributed by atoms with Gasteiger partial charge in [0.2, 0.25) is 5.91 Å². The van der Waals surface area contributed by atoms with Crippen LogP contribution < -0.4 is 10.9 Å². The third-order valence-corrected chi connectivity index (χ3v) is 5.24. The topological polar surface area (TPSA) is 107 Å². The predicted octanol–water partition coefficient (Wildman–Crippen LogP) is 4.02. The zero-order chi connectivity index (χ0) is 22.6. The number of carbonyl (C=O) groups excluding carboxylic acids is 2. The summed E-state index contributed by atoms with van der Waals surface area (Å²) in [5.74, 6) is -0.296. The second-order valence-corrected chi connectivity index (χ2v) is 7.57. The lowest BCUT2D eigenvalue weighted by Gasteiger charge is -2.08. The first-order valence-electron chi connectivity index (χ1n) is 10.2. The summed E-state index contributed by atoms with van der Waals surface area (Å²) in [5.41, 5.74) is 0.970. The number of carbonyl (C=O) groups is 2. The van der Waals surface area contributed by atoms with E-state index in [1.165, 1.54) is 24.3 Å². The van der Waals surface area contributed by atoms with Gasteiger partial charge in [-0.05, 0) is 31.0 Å². The van der Waals surface area contributed by atoms with Crippen molar-refractivity contribution in [1.82, 2.24) is 19.7 Å². The first-order chi connectivity index (χ1) is 15.0. The van der Waals surface area contributed by atoms with Crippen molar-refractivity contribution in [2.24, 2.45) is 0 Å². The van der Waals surface area contributed by atoms with Crippen molar-refractivity contribution < 1.29 is 12.4 Å². The number of hydrogen-bond acceptors (Lipinski definition) is 7. The molecule has 0 radical (unpaired) electrons. The summed E-state index contributed by atoms with van der Waals surface area (Å²) < 4.78 is 1.61. The summed E-state index contributed by atoms with van der Waals surface area (Å²) >= 11 is 1.31. The van der Waals surface area contributed by atoms with Crippen LogP contribution in [0.15, 0.2) is 47.5 Å². The fourth-order valence-corrected chi connectivity index (χ4v) is 3.47. The molecule has 0 bridgehead atoms. The number of amides is 1. The van der Waals surface area contributed by atoms with E-state index >= 15 is 0 Å². The molecule has 31 heavy (non-hydrogen) atoms. The Hall–Kier alpha value is -3.20. The molecule has 0 aliphatic rings. The maximum atomic E-state index is 12.3. The summed E-state index contributed by atoms with van der Waals surface area (Å²) in [6, 6.07) is 8.52. The number of aromatic nitrogens is 4. The molecular weight excluding hydrogens is 414 g/mol. The molecule has 0 aliphatic heterocycles. The second-order valence-electron chi connectivity index (χ2n) is 6.51. The summed E-state index contributed by atoms with van der Waals surface area (Å²) in [6.07, 6.45) is 5.82. The number of anilines is 1. The van der Waals surface area contributed by atoms with Crippen LogP contribution in [0.1, 0.15) is 57.0 Å². The van der Waals surface area contributed by atoms with Gasteiger partial charge in [-0.25, -0.2) is 0 Å².